The number of amides is 2. The second kappa shape index (κ2) is 14.7. The normalized spacial score (nSPS) is 14.3. The number of ether oxygens (including phenoxy) is 1. The first-order valence-electron chi connectivity index (χ1n) is 15.0. The Balaban J connectivity index is 1.79. The van der Waals surface area contributed by atoms with Gasteiger partial charge in [0.15, 0.2) is 0 Å². The third kappa shape index (κ3) is 8.18. The molecule has 3 aromatic rings. The van der Waals surface area contributed by atoms with Gasteiger partial charge in [-0.1, -0.05) is 67.4 Å². The van der Waals surface area contributed by atoms with E-state index in [-0.39, 0.29) is 24.9 Å². The standard InChI is InChI=1S/C34H44N4O5S/c1-25-18-19-26(2)31(20-25)38(44(41,42)36(3)4)24-33(39)37(23-28-14-11-17-30(21-28)43-5)32(22-27-12-7-6-8-13-27)34(40)35-29-15-9-10-16-29/h6-8,11-14,17-21,29,32H,9-10,15-16,22-24H2,1-5H3,(H,35,40). The first kappa shape index (κ1) is 33.0. The summed E-state index contributed by atoms with van der Waals surface area (Å²) in [7, 11) is 0.392. The van der Waals surface area contributed by atoms with Gasteiger partial charge in [0.05, 0.1) is 12.8 Å². The number of methoxy groups -OCH3 is 1. The molecule has 2 amide bonds. The van der Waals surface area contributed by atoms with E-state index in [1.54, 1.807) is 13.2 Å². The van der Waals surface area contributed by atoms with E-state index in [4.69, 9.17) is 4.74 Å². The molecule has 0 spiro atoms. The summed E-state index contributed by atoms with van der Waals surface area (Å²) in [6.07, 6.45) is 4.17. The Morgan fingerprint density at radius 2 is 1.61 bits per heavy atom. The van der Waals surface area contributed by atoms with Crippen molar-refractivity contribution in [3.63, 3.8) is 0 Å². The van der Waals surface area contributed by atoms with Crippen LogP contribution < -0.4 is 14.4 Å². The molecular formula is C34H44N4O5S. The second-order valence-corrected chi connectivity index (χ2v) is 13.7. The summed E-state index contributed by atoms with van der Waals surface area (Å²) < 4.78 is 35.1. The molecule has 0 aromatic heterocycles. The lowest BCUT2D eigenvalue weighted by molar-refractivity contribution is -0.140. The summed E-state index contributed by atoms with van der Waals surface area (Å²) in [4.78, 5) is 30.1. The Labute approximate surface area is 262 Å². The van der Waals surface area contributed by atoms with Crippen LogP contribution in [0.1, 0.15) is 47.9 Å². The van der Waals surface area contributed by atoms with E-state index >= 15 is 0 Å². The van der Waals surface area contributed by atoms with Crippen LogP contribution in [-0.2, 0) is 32.8 Å². The minimum atomic E-state index is -4.07. The number of hydrogen-bond donors (Lipinski definition) is 1. The third-order valence-electron chi connectivity index (χ3n) is 8.11. The predicted octanol–water partition coefficient (Wildman–Crippen LogP) is 4.62. The number of carbonyl (C=O) groups excluding carboxylic acids is 2. The van der Waals surface area contributed by atoms with Gasteiger partial charge in [-0.25, -0.2) is 4.31 Å². The van der Waals surface area contributed by atoms with Crippen molar-refractivity contribution >= 4 is 27.7 Å². The number of nitrogens with one attached hydrogen (secondary N) is 1. The molecule has 0 saturated heterocycles. The van der Waals surface area contributed by atoms with Gasteiger partial charge in [0, 0.05) is 33.1 Å². The zero-order chi connectivity index (χ0) is 31.9. The summed E-state index contributed by atoms with van der Waals surface area (Å²) in [5.74, 6) is -0.107. The Hall–Kier alpha value is -3.89. The Bertz CT molecular complexity index is 1540. The van der Waals surface area contributed by atoms with E-state index < -0.39 is 28.7 Å². The summed E-state index contributed by atoms with van der Waals surface area (Å²) in [5.41, 5.74) is 3.66. The highest BCUT2D eigenvalue weighted by Crippen LogP contribution is 2.27. The van der Waals surface area contributed by atoms with Gasteiger partial charge in [-0.2, -0.15) is 12.7 Å². The zero-order valence-electron chi connectivity index (χ0n) is 26.3. The average Bonchev–Trinajstić information content (AvgIpc) is 3.52. The van der Waals surface area contributed by atoms with Gasteiger partial charge in [0.2, 0.25) is 11.8 Å². The molecule has 0 radical (unpaired) electrons. The highest BCUT2D eigenvalue weighted by molar-refractivity contribution is 7.90. The van der Waals surface area contributed by atoms with Crippen molar-refractivity contribution in [1.82, 2.24) is 14.5 Å². The maximum atomic E-state index is 14.5. The average molecular weight is 621 g/mol. The molecule has 1 aliphatic carbocycles. The van der Waals surface area contributed by atoms with Crippen molar-refractivity contribution in [2.75, 3.05) is 32.1 Å². The lowest BCUT2D eigenvalue weighted by atomic mass is 10.0. The number of benzene rings is 3. The molecule has 1 fully saturated rings. The molecule has 236 valence electrons. The van der Waals surface area contributed by atoms with Gasteiger partial charge in [0.1, 0.15) is 18.3 Å². The fraction of sp³-hybridized carbons (Fsp3) is 0.412. The third-order valence-corrected chi connectivity index (χ3v) is 9.92. The molecule has 1 aliphatic rings. The maximum absolute atomic E-state index is 14.5. The van der Waals surface area contributed by atoms with Crippen molar-refractivity contribution in [1.29, 1.82) is 0 Å². The molecule has 0 aliphatic heterocycles. The molecule has 1 N–H and O–H groups in total. The first-order chi connectivity index (χ1) is 21.0. The van der Waals surface area contributed by atoms with Crippen LogP contribution >= 0.6 is 0 Å². The molecule has 1 atom stereocenters. The van der Waals surface area contributed by atoms with E-state index in [1.165, 1.54) is 19.0 Å². The lowest BCUT2D eigenvalue weighted by Gasteiger charge is -2.35. The van der Waals surface area contributed by atoms with E-state index in [9.17, 15) is 18.0 Å². The van der Waals surface area contributed by atoms with Gasteiger partial charge in [0.25, 0.3) is 0 Å². The molecule has 3 aromatic carbocycles. The lowest BCUT2D eigenvalue weighted by Crippen LogP contribution is -2.55. The van der Waals surface area contributed by atoms with Crippen LogP contribution in [0.3, 0.4) is 0 Å². The molecule has 9 nitrogen and oxygen atoms in total. The van der Waals surface area contributed by atoms with Gasteiger partial charge >= 0.3 is 10.2 Å². The van der Waals surface area contributed by atoms with Crippen molar-refractivity contribution < 1.29 is 22.7 Å². The Morgan fingerprint density at radius 1 is 0.932 bits per heavy atom. The van der Waals surface area contributed by atoms with Gasteiger partial charge < -0.3 is 15.0 Å². The maximum Gasteiger partial charge on any atom is 0.304 e. The largest absolute Gasteiger partial charge is 0.497 e. The summed E-state index contributed by atoms with van der Waals surface area (Å²) in [6.45, 7) is 3.31. The quantitative estimate of drug-likeness (QED) is 0.301. The molecule has 0 bridgehead atoms. The van der Waals surface area contributed by atoms with E-state index in [2.05, 4.69) is 5.32 Å². The van der Waals surface area contributed by atoms with Crippen LogP contribution in [0.5, 0.6) is 5.75 Å². The smallest absolute Gasteiger partial charge is 0.304 e. The molecule has 10 heteroatoms. The number of anilines is 1. The molecule has 1 saturated carbocycles. The van der Waals surface area contributed by atoms with Crippen LogP contribution in [0, 0.1) is 13.8 Å². The monoisotopic (exact) mass is 620 g/mol. The van der Waals surface area contributed by atoms with Crippen molar-refractivity contribution in [2.45, 2.75) is 64.6 Å². The van der Waals surface area contributed by atoms with Crippen molar-refractivity contribution in [3.05, 3.63) is 95.1 Å². The van der Waals surface area contributed by atoms with Gasteiger partial charge in [-0.3, -0.25) is 9.59 Å². The minimum Gasteiger partial charge on any atom is -0.497 e. The fourth-order valence-electron chi connectivity index (χ4n) is 5.58. The van der Waals surface area contributed by atoms with Crippen LogP contribution in [0.25, 0.3) is 0 Å². The van der Waals surface area contributed by atoms with E-state index in [1.807, 2.05) is 80.6 Å². The molecule has 44 heavy (non-hydrogen) atoms. The number of nitrogens with zero attached hydrogens (tertiary/aromatic N) is 3. The van der Waals surface area contributed by atoms with Crippen LogP contribution in [0.2, 0.25) is 0 Å². The fourth-order valence-corrected chi connectivity index (χ4v) is 6.69. The van der Waals surface area contributed by atoms with Crippen molar-refractivity contribution in [3.8, 4) is 5.75 Å². The highest BCUT2D eigenvalue weighted by atomic mass is 32.2. The number of rotatable bonds is 13. The molecule has 1 unspecified atom stereocenters. The predicted molar refractivity (Wildman–Crippen MR) is 174 cm³/mol. The summed E-state index contributed by atoms with van der Waals surface area (Å²) in [6, 6.07) is 21.6. The molecule has 4 rings (SSSR count). The van der Waals surface area contributed by atoms with Gasteiger partial charge in [-0.05, 0) is 67.1 Å². The van der Waals surface area contributed by atoms with Crippen LogP contribution in [-0.4, -0.2) is 69.3 Å². The zero-order valence-corrected chi connectivity index (χ0v) is 27.1. The SMILES string of the molecule is COc1cccc(CN(C(=O)CN(c2cc(C)ccc2C)S(=O)(=O)N(C)C)C(Cc2ccccc2)C(=O)NC2CCCC2)c1. The summed E-state index contributed by atoms with van der Waals surface area (Å²) in [5, 5.41) is 3.20. The van der Waals surface area contributed by atoms with Crippen LogP contribution in [0.4, 0.5) is 5.69 Å². The first-order valence-corrected chi connectivity index (χ1v) is 16.4. The number of carbonyl (C=O) groups is 2. The minimum absolute atomic E-state index is 0.0510. The Morgan fingerprint density at radius 3 is 2.27 bits per heavy atom. The summed E-state index contributed by atoms with van der Waals surface area (Å²) >= 11 is 0. The highest BCUT2D eigenvalue weighted by Gasteiger charge is 2.36. The molecular weight excluding hydrogens is 576 g/mol. The van der Waals surface area contributed by atoms with Crippen LogP contribution in [0.15, 0.2) is 72.8 Å². The number of aryl methyl sites for hydroxylation is 2. The topological polar surface area (TPSA) is 99.3 Å². The van der Waals surface area contributed by atoms with Crippen molar-refractivity contribution in [2.24, 2.45) is 0 Å². The van der Waals surface area contributed by atoms with E-state index in [0.29, 0.717) is 17.0 Å². The Kier molecular flexibility index (Phi) is 11.0. The second-order valence-electron chi connectivity index (χ2n) is 11.7. The van der Waals surface area contributed by atoms with E-state index in [0.717, 1.165) is 51.0 Å². The number of hydrogen-bond acceptors (Lipinski definition) is 5. The molecule has 0 heterocycles. The van der Waals surface area contributed by atoms with Gasteiger partial charge in [-0.15, -0.1) is 0 Å².